The van der Waals surface area contributed by atoms with Gasteiger partial charge in [-0.2, -0.15) is 0 Å². The van der Waals surface area contributed by atoms with Crippen molar-refractivity contribution >= 4 is 23.4 Å². The van der Waals surface area contributed by atoms with Crippen LogP contribution in [0.25, 0.3) is 0 Å². The number of Topliss-reactive ketones (excluding diaryl/α,β-unsaturated/α-hetero) is 1. The molecule has 0 heterocycles. The minimum Gasteiger partial charge on any atom is -0.497 e. The molecule has 0 amide bonds. The van der Waals surface area contributed by atoms with E-state index in [1.165, 1.54) is 11.1 Å². The number of benzene rings is 3. The number of aryl methyl sites for hydroxylation is 1. The zero-order chi connectivity index (χ0) is 36.1. The number of methoxy groups -OCH3 is 1. The minimum atomic E-state index is -0.568. The Morgan fingerprint density at radius 1 is 0.857 bits per heavy atom. The molecule has 0 radical (unpaired) electrons. The van der Waals surface area contributed by atoms with E-state index in [4.69, 9.17) is 14.2 Å². The molecule has 0 spiro atoms. The van der Waals surface area contributed by atoms with E-state index in [-0.39, 0.29) is 35.7 Å². The van der Waals surface area contributed by atoms with Gasteiger partial charge in [0.15, 0.2) is 5.78 Å². The van der Waals surface area contributed by atoms with Gasteiger partial charge in [0.1, 0.15) is 17.1 Å². The Morgan fingerprint density at radius 3 is 2.16 bits per heavy atom. The van der Waals surface area contributed by atoms with Crippen molar-refractivity contribution in [1.29, 1.82) is 0 Å². The molecule has 1 aliphatic carbocycles. The Hall–Kier alpha value is -4.17. The number of fused-ring (bicyclic) bond motifs is 1. The lowest BCUT2D eigenvalue weighted by atomic mass is 9.79. The zero-order valence-corrected chi connectivity index (χ0v) is 30.9. The molecule has 0 saturated heterocycles. The Morgan fingerprint density at radius 2 is 1.53 bits per heavy atom. The Labute approximate surface area is 292 Å². The van der Waals surface area contributed by atoms with E-state index in [0.29, 0.717) is 17.7 Å². The number of hydrogen-bond donors (Lipinski definition) is 2. The fourth-order valence-corrected chi connectivity index (χ4v) is 6.06. The van der Waals surface area contributed by atoms with Gasteiger partial charge in [-0.25, -0.2) is 0 Å². The number of esters is 2. The lowest BCUT2D eigenvalue weighted by molar-refractivity contribution is -0.154. The standard InChI is InChI=1S/C41H54N2O6/c1-26(37(45)28-13-11-27(12-14-28)24-41(8,9)42-25-36(44)49-40(5,6)7)43-35-23-32(47-10)19-20-34(35)31-16-15-30-22-33(18-17-29(30)21-31)48-38(46)39(2,3)4/h11-14,17-20,22-23,26,31,42-43H,15-16,21,24-25H2,1-10H3. The van der Waals surface area contributed by atoms with Gasteiger partial charge in [0, 0.05) is 22.9 Å². The summed E-state index contributed by atoms with van der Waals surface area (Å²) in [5, 5.41) is 6.80. The number of carbonyl (C=O) groups is 3. The summed E-state index contributed by atoms with van der Waals surface area (Å²) in [6.45, 7) is 17.2. The minimum absolute atomic E-state index is 0.00560. The van der Waals surface area contributed by atoms with Gasteiger partial charge < -0.3 is 24.8 Å². The maximum absolute atomic E-state index is 13.6. The van der Waals surface area contributed by atoms with E-state index in [9.17, 15) is 14.4 Å². The van der Waals surface area contributed by atoms with Crippen LogP contribution in [-0.4, -0.2) is 48.6 Å². The second-order valence-electron chi connectivity index (χ2n) is 15.9. The topological polar surface area (TPSA) is 103 Å². The first kappa shape index (κ1) is 37.6. The van der Waals surface area contributed by atoms with Crippen molar-refractivity contribution < 1.29 is 28.6 Å². The maximum atomic E-state index is 13.6. The van der Waals surface area contributed by atoms with Crippen molar-refractivity contribution in [2.45, 2.75) is 111 Å². The quantitative estimate of drug-likeness (QED) is 0.114. The van der Waals surface area contributed by atoms with E-state index in [0.717, 1.165) is 41.8 Å². The summed E-state index contributed by atoms with van der Waals surface area (Å²) in [4.78, 5) is 38.2. The number of ether oxygens (including phenoxy) is 3. The van der Waals surface area contributed by atoms with Crippen molar-refractivity contribution in [2.75, 3.05) is 19.0 Å². The van der Waals surface area contributed by atoms with Gasteiger partial charge in [-0.15, -0.1) is 0 Å². The summed E-state index contributed by atoms with van der Waals surface area (Å²) >= 11 is 0. The van der Waals surface area contributed by atoms with Crippen LogP contribution in [0.1, 0.15) is 107 Å². The molecule has 49 heavy (non-hydrogen) atoms. The summed E-state index contributed by atoms with van der Waals surface area (Å²) in [5.74, 6) is 1.02. The fourth-order valence-electron chi connectivity index (χ4n) is 6.06. The summed E-state index contributed by atoms with van der Waals surface area (Å²) in [7, 11) is 1.64. The average molecular weight is 671 g/mol. The summed E-state index contributed by atoms with van der Waals surface area (Å²) in [6, 6.07) is 19.2. The molecule has 264 valence electrons. The molecule has 0 aromatic heterocycles. The first-order valence-electron chi connectivity index (χ1n) is 17.2. The Kier molecular flexibility index (Phi) is 11.6. The molecule has 2 N–H and O–H groups in total. The molecule has 0 saturated carbocycles. The smallest absolute Gasteiger partial charge is 0.320 e. The molecule has 1 aliphatic rings. The van der Waals surface area contributed by atoms with E-state index in [2.05, 4.69) is 22.8 Å². The fraction of sp³-hybridized carbons (Fsp3) is 0.488. The van der Waals surface area contributed by atoms with Crippen molar-refractivity contribution in [1.82, 2.24) is 5.32 Å². The predicted molar refractivity (Wildman–Crippen MR) is 195 cm³/mol. The molecule has 0 bridgehead atoms. The van der Waals surface area contributed by atoms with Crippen molar-refractivity contribution in [3.63, 3.8) is 0 Å². The average Bonchev–Trinajstić information content (AvgIpc) is 3.02. The van der Waals surface area contributed by atoms with Crippen LogP contribution >= 0.6 is 0 Å². The highest BCUT2D eigenvalue weighted by molar-refractivity contribution is 6.01. The van der Waals surface area contributed by atoms with Crippen molar-refractivity contribution in [3.8, 4) is 11.5 Å². The zero-order valence-electron chi connectivity index (χ0n) is 30.9. The molecular weight excluding hydrogens is 616 g/mol. The van der Waals surface area contributed by atoms with E-state index in [1.807, 2.05) is 111 Å². The van der Waals surface area contributed by atoms with Gasteiger partial charge in [-0.05, 0) is 134 Å². The lowest BCUT2D eigenvalue weighted by Crippen LogP contribution is -2.45. The lowest BCUT2D eigenvalue weighted by Gasteiger charge is -2.28. The molecule has 8 heteroatoms. The van der Waals surface area contributed by atoms with E-state index in [1.54, 1.807) is 7.11 Å². The van der Waals surface area contributed by atoms with Crippen LogP contribution in [0, 0.1) is 5.41 Å². The first-order valence-corrected chi connectivity index (χ1v) is 17.2. The Balaban J connectivity index is 1.42. The predicted octanol–water partition coefficient (Wildman–Crippen LogP) is 7.85. The van der Waals surface area contributed by atoms with Crippen LogP contribution in [0.4, 0.5) is 5.69 Å². The molecule has 4 rings (SSSR count). The summed E-state index contributed by atoms with van der Waals surface area (Å²) in [6.07, 6.45) is 3.31. The van der Waals surface area contributed by atoms with Gasteiger partial charge in [0.2, 0.25) is 0 Å². The monoisotopic (exact) mass is 670 g/mol. The highest BCUT2D eigenvalue weighted by Crippen LogP contribution is 2.39. The van der Waals surface area contributed by atoms with Gasteiger partial charge in [-0.3, -0.25) is 14.4 Å². The third-order valence-corrected chi connectivity index (χ3v) is 8.71. The molecule has 2 atom stereocenters. The highest BCUT2D eigenvalue weighted by Gasteiger charge is 2.27. The van der Waals surface area contributed by atoms with Gasteiger partial charge in [0.25, 0.3) is 0 Å². The number of hydrogen-bond acceptors (Lipinski definition) is 8. The summed E-state index contributed by atoms with van der Waals surface area (Å²) < 4.78 is 16.6. The molecule has 3 aromatic rings. The molecule has 0 fully saturated rings. The molecule has 8 nitrogen and oxygen atoms in total. The van der Waals surface area contributed by atoms with Gasteiger partial charge in [0.05, 0.1) is 25.1 Å². The molecule has 0 aliphatic heterocycles. The van der Waals surface area contributed by atoms with Crippen LogP contribution in [0.2, 0.25) is 0 Å². The van der Waals surface area contributed by atoms with Crippen LogP contribution in [0.15, 0.2) is 60.7 Å². The van der Waals surface area contributed by atoms with Crippen LogP contribution < -0.4 is 20.1 Å². The van der Waals surface area contributed by atoms with Crippen LogP contribution in [-0.2, 0) is 33.6 Å². The SMILES string of the molecule is COc1ccc(C2CCc3cc(OC(=O)C(C)(C)C)ccc3C2)c(NC(C)C(=O)c2ccc(CC(C)(C)NCC(=O)OC(C)(C)C)cc2)c1. The van der Waals surface area contributed by atoms with Crippen LogP contribution in [0.5, 0.6) is 11.5 Å². The normalized spacial score (nSPS) is 15.5. The second-order valence-corrected chi connectivity index (χ2v) is 15.9. The van der Waals surface area contributed by atoms with Crippen molar-refractivity contribution in [2.24, 2.45) is 5.41 Å². The third kappa shape index (κ3) is 10.7. The van der Waals surface area contributed by atoms with E-state index >= 15 is 0 Å². The number of carbonyl (C=O) groups excluding carboxylic acids is 3. The third-order valence-electron chi connectivity index (χ3n) is 8.71. The summed E-state index contributed by atoms with van der Waals surface area (Å²) in [5.41, 5.74) is 4.72. The number of nitrogens with one attached hydrogen (secondary N) is 2. The number of rotatable bonds is 12. The molecule has 2 unspecified atom stereocenters. The maximum Gasteiger partial charge on any atom is 0.320 e. The van der Waals surface area contributed by atoms with Crippen LogP contribution in [0.3, 0.4) is 0 Å². The van der Waals surface area contributed by atoms with Gasteiger partial charge in [-0.1, -0.05) is 36.4 Å². The van der Waals surface area contributed by atoms with E-state index < -0.39 is 17.1 Å². The number of anilines is 1. The second kappa shape index (κ2) is 15.2. The highest BCUT2D eigenvalue weighted by atomic mass is 16.6. The number of ketones is 1. The molecular formula is C41H54N2O6. The largest absolute Gasteiger partial charge is 0.497 e. The molecule has 3 aromatic carbocycles. The van der Waals surface area contributed by atoms with Crippen molar-refractivity contribution in [3.05, 3.63) is 88.5 Å². The first-order chi connectivity index (χ1) is 22.8. The Bertz CT molecular complexity index is 1650. The van der Waals surface area contributed by atoms with Gasteiger partial charge >= 0.3 is 11.9 Å².